The standard InChI is InChI=1S/C28H24N2O4/c1-32-25-14-18(26-21(15-29)28(30)34-24-11-5-10-22(31)27(24)26)12-13-23(25)33-16-19-8-4-7-17-6-2-3-9-20(17)19/h2-4,6-9,12-14,26H,5,10-11,16,30H2,1H3/t26-/m0/s1. The molecule has 0 unspecified atom stereocenters. The molecule has 2 N–H and O–H groups in total. The average Bonchev–Trinajstić information content (AvgIpc) is 2.86. The van der Waals surface area contributed by atoms with E-state index in [2.05, 4.69) is 24.3 Å². The maximum Gasteiger partial charge on any atom is 0.205 e. The third kappa shape index (κ3) is 3.75. The molecule has 2 aliphatic rings. The number of hydrogen-bond acceptors (Lipinski definition) is 6. The van der Waals surface area contributed by atoms with Crippen LogP contribution in [0, 0.1) is 11.3 Å². The van der Waals surface area contributed by atoms with E-state index in [0.29, 0.717) is 48.7 Å². The van der Waals surface area contributed by atoms with Crippen molar-refractivity contribution in [1.29, 1.82) is 5.26 Å². The quantitative estimate of drug-likeness (QED) is 0.569. The minimum Gasteiger partial charge on any atom is -0.493 e. The minimum atomic E-state index is -0.581. The molecule has 170 valence electrons. The van der Waals surface area contributed by atoms with Crippen LogP contribution in [0.3, 0.4) is 0 Å². The third-order valence-corrected chi connectivity index (χ3v) is 6.39. The molecule has 3 aromatic rings. The second kappa shape index (κ2) is 8.95. The number of benzene rings is 3. The molecule has 0 fully saturated rings. The Bertz CT molecular complexity index is 1390. The number of carbonyl (C=O) groups is 1. The molecular weight excluding hydrogens is 428 g/mol. The lowest BCUT2D eigenvalue weighted by molar-refractivity contribution is -0.116. The summed E-state index contributed by atoms with van der Waals surface area (Å²) in [5.41, 5.74) is 8.62. The van der Waals surface area contributed by atoms with Gasteiger partial charge in [0.1, 0.15) is 24.0 Å². The second-order valence-electron chi connectivity index (χ2n) is 8.38. The van der Waals surface area contributed by atoms with Gasteiger partial charge < -0.3 is 19.9 Å². The Morgan fingerprint density at radius 1 is 1.09 bits per heavy atom. The largest absolute Gasteiger partial charge is 0.493 e. The molecular formula is C28H24N2O4. The van der Waals surface area contributed by atoms with Gasteiger partial charge in [-0.25, -0.2) is 0 Å². The number of methoxy groups -OCH3 is 1. The summed E-state index contributed by atoms with van der Waals surface area (Å²) in [5, 5.41) is 12.1. The minimum absolute atomic E-state index is 0.0123. The van der Waals surface area contributed by atoms with Gasteiger partial charge in [0, 0.05) is 18.4 Å². The van der Waals surface area contributed by atoms with Crippen LogP contribution in [0.4, 0.5) is 0 Å². The fourth-order valence-corrected chi connectivity index (χ4v) is 4.75. The lowest BCUT2D eigenvalue weighted by Gasteiger charge is -2.31. The van der Waals surface area contributed by atoms with Crippen molar-refractivity contribution in [1.82, 2.24) is 0 Å². The van der Waals surface area contributed by atoms with E-state index < -0.39 is 5.92 Å². The number of rotatable bonds is 5. The highest BCUT2D eigenvalue weighted by Gasteiger charge is 2.38. The number of hydrogen-bond donors (Lipinski definition) is 1. The molecule has 6 nitrogen and oxygen atoms in total. The van der Waals surface area contributed by atoms with Gasteiger partial charge in [-0.15, -0.1) is 0 Å². The zero-order valence-electron chi connectivity index (χ0n) is 18.8. The Morgan fingerprint density at radius 2 is 1.91 bits per heavy atom. The highest BCUT2D eigenvalue weighted by Crippen LogP contribution is 2.45. The molecule has 3 aromatic carbocycles. The van der Waals surface area contributed by atoms with Crippen LogP contribution >= 0.6 is 0 Å². The molecule has 6 heteroatoms. The maximum atomic E-state index is 12.8. The van der Waals surface area contributed by atoms with Crippen molar-refractivity contribution in [2.24, 2.45) is 5.73 Å². The van der Waals surface area contributed by atoms with E-state index in [-0.39, 0.29) is 17.2 Å². The SMILES string of the molecule is COc1cc([C@H]2C(C#N)=C(N)OC3=C2C(=O)CCC3)ccc1OCc1cccc2ccccc12. The first-order valence-electron chi connectivity index (χ1n) is 11.2. The zero-order chi connectivity index (χ0) is 23.7. The van der Waals surface area contributed by atoms with E-state index in [1.165, 1.54) is 0 Å². The van der Waals surface area contributed by atoms with E-state index in [0.717, 1.165) is 21.9 Å². The second-order valence-corrected chi connectivity index (χ2v) is 8.38. The summed E-state index contributed by atoms with van der Waals surface area (Å²) in [5.74, 6) is 1.12. The molecule has 5 rings (SSSR count). The molecule has 0 radical (unpaired) electrons. The predicted octanol–water partition coefficient (Wildman–Crippen LogP) is 5.24. The van der Waals surface area contributed by atoms with Crippen LogP contribution in [-0.4, -0.2) is 12.9 Å². The molecule has 1 heterocycles. The molecule has 0 spiro atoms. The van der Waals surface area contributed by atoms with E-state index in [1.807, 2.05) is 42.5 Å². The van der Waals surface area contributed by atoms with Crippen LogP contribution in [0.25, 0.3) is 10.8 Å². The normalized spacial score (nSPS) is 17.8. The highest BCUT2D eigenvalue weighted by atomic mass is 16.5. The van der Waals surface area contributed by atoms with Gasteiger partial charge in [-0.1, -0.05) is 48.5 Å². The molecule has 0 saturated carbocycles. The van der Waals surface area contributed by atoms with Crippen molar-refractivity contribution in [2.45, 2.75) is 31.8 Å². The van der Waals surface area contributed by atoms with Crippen LogP contribution in [0.1, 0.15) is 36.3 Å². The Kier molecular flexibility index (Phi) is 5.69. The van der Waals surface area contributed by atoms with Gasteiger partial charge >= 0.3 is 0 Å². The lowest BCUT2D eigenvalue weighted by Crippen LogP contribution is -2.27. The number of carbonyl (C=O) groups excluding carboxylic acids is 1. The van der Waals surface area contributed by atoms with Crippen molar-refractivity contribution in [3.63, 3.8) is 0 Å². The number of fused-ring (bicyclic) bond motifs is 1. The first kappa shape index (κ1) is 21.6. The predicted molar refractivity (Wildman–Crippen MR) is 128 cm³/mol. The Morgan fingerprint density at radius 3 is 2.74 bits per heavy atom. The summed E-state index contributed by atoms with van der Waals surface area (Å²) in [4.78, 5) is 12.8. The summed E-state index contributed by atoms with van der Waals surface area (Å²) in [6.07, 6.45) is 1.77. The summed E-state index contributed by atoms with van der Waals surface area (Å²) in [6.45, 7) is 0.373. The number of nitriles is 1. The van der Waals surface area contributed by atoms with Gasteiger partial charge in [-0.2, -0.15) is 5.26 Å². The van der Waals surface area contributed by atoms with Crippen molar-refractivity contribution >= 4 is 16.6 Å². The molecule has 1 aliphatic heterocycles. The molecule has 0 aromatic heterocycles. The summed E-state index contributed by atoms with van der Waals surface area (Å²) >= 11 is 0. The number of allylic oxidation sites excluding steroid dienone is 3. The molecule has 0 saturated heterocycles. The van der Waals surface area contributed by atoms with E-state index in [1.54, 1.807) is 7.11 Å². The Hall–Kier alpha value is -4.24. The number of ether oxygens (including phenoxy) is 3. The lowest BCUT2D eigenvalue weighted by atomic mass is 9.77. The van der Waals surface area contributed by atoms with Gasteiger partial charge in [0.25, 0.3) is 0 Å². The van der Waals surface area contributed by atoms with Crippen LogP contribution in [0.5, 0.6) is 11.5 Å². The van der Waals surface area contributed by atoms with Gasteiger partial charge in [0.05, 0.1) is 13.0 Å². The number of nitrogens with two attached hydrogens (primary N) is 1. The molecule has 34 heavy (non-hydrogen) atoms. The van der Waals surface area contributed by atoms with Crippen LogP contribution in [0.2, 0.25) is 0 Å². The fraction of sp³-hybridized carbons (Fsp3) is 0.214. The monoisotopic (exact) mass is 452 g/mol. The number of ketones is 1. The fourth-order valence-electron chi connectivity index (χ4n) is 4.75. The van der Waals surface area contributed by atoms with Crippen molar-refractivity contribution in [3.8, 4) is 17.6 Å². The van der Waals surface area contributed by atoms with Gasteiger partial charge in [-0.3, -0.25) is 4.79 Å². The van der Waals surface area contributed by atoms with Crippen LogP contribution in [0.15, 0.2) is 83.5 Å². The number of Topliss-reactive ketones (excluding diaryl/α,β-unsaturated/α-hetero) is 1. The van der Waals surface area contributed by atoms with Crippen LogP contribution in [-0.2, 0) is 16.1 Å². The van der Waals surface area contributed by atoms with E-state index in [9.17, 15) is 10.1 Å². The summed E-state index contributed by atoms with van der Waals surface area (Å²) < 4.78 is 17.4. The number of nitrogens with zero attached hydrogens (tertiary/aromatic N) is 1. The average molecular weight is 453 g/mol. The van der Waals surface area contributed by atoms with E-state index >= 15 is 0 Å². The molecule has 1 atom stereocenters. The molecule has 1 aliphatic carbocycles. The van der Waals surface area contributed by atoms with Crippen LogP contribution < -0.4 is 15.2 Å². The Labute approximate surface area is 197 Å². The first-order valence-corrected chi connectivity index (χ1v) is 11.2. The topological polar surface area (TPSA) is 94.6 Å². The zero-order valence-corrected chi connectivity index (χ0v) is 18.8. The van der Waals surface area contributed by atoms with Crippen molar-refractivity contribution in [3.05, 3.63) is 94.6 Å². The van der Waals surface area contributed by atoms with Gasteiger partial charge in [0.15, 0.2) is 17.3 Å². The van der Waals surface area contributed by atoms with E-state index in [4.69, 9.17) is 19.9 Å². The van der Waals surface area contributed by atoms with Gasteiger partial charge in [-0.05, 0) is 40.5 Å². The van der Waals surface area contributed by atoms with Gasteiger partial charge in [0.2, 0.25) is 5.88 Å². The summed E-state index contributed by atoms with van der Waals surface area (Å²) in [6, 6.07) is 21.9. The first-order chi connectivity index (χ1) is 16.6. The Balaban J connectivity index is 1.48. The molecule has 0 bridgehead atoms. The third-order valence-electron chi connectivity index (χ3n) is 6.39. The highest BCUT2D eigenvalue weighted by molar-refractivity contribution is 5.99. The molecule has 0 amide bonds. The summed E-state index contributed by atoms with van der Waals surface area (Å²) in [7, 11) is 1.57. The smallest absolute Gasteiger partial charge is 0.205 e. The van der Waals surface area contributed by atoms with Crippen molar-refractivity contribution < 1.29 is 19.0 Å². The van der Waals surface area contributed by atoms with Crippen molar-refractivity contribution in [2.75, 3.05) is 7.11 Å². The maximum absolute atomic E-state index is 12.8.